The van der Waals surface area contributed by atoms with Gasteiger partial charge in [0.25, 0.3) is 11.6 Å². The molecule has 0 fully saturated rings. The average Bonchev–Trinajstić information content (AvgIpc) is 2.55. The maximum absolute atomic E-state index is 12.7. The minimum atomic E-state index is -0.621. The van der Waals surface area contributed by atoms with Crippen LogP contribution in [0.4, 0.5) is 5.82 Å². The molecule has 4 N–H and O–H groups in total. The van der Waals surface area contributed by atoms with Gasteiger partial charge in [0.15, 0.2) is 0 Å². The molecule has 3 rings (SSSR count). The van der Waals surface area contributed by atoms with Crippen LogP contribution in [0.5, 0.6) is 0 Å². The van der Waals surface area contributed by atoms with Crippen LogP contribution in [0.1, 0.15) is 36.2 Å². The second-order valence-electron chi connectivity index (χ2n) is 5.99. The van der Waals surface area contributed by atoms with Crippen LogP contribution in [0.15, 0.2) is 29.2 Å². The number of primary amides is 1. The number of nitrogens with one attached hydrogen (secondary N) is 2. The maximum Gasteiger partial charge on any atom is 0.325 e. The van der Waals surface area contributed by atoms with Crippen molar-refractivity contribution in [3.05, 3.63) is 45.9 Å². The molecule has 0 bridgehead atoms. The molecule has 7 heteroatoms. The van der Waals surface area contributed by atoms with E-state index >= 15 is 0 Å². The third kappa shape index (κ3) is 2.68. The number of carbonyl (C=O) groups excluding carboxylic acids is 1. The van der Waals surface area contributed by atoms with Gasteiger partial charge in [-0.2, -0.15) is 4.40 Å². The molecular formula is C17H20N5O2+. The minimum Gasteiger partial charge on any atom is -0.365 e. The van der Waals surface area contributed by atoms with E-state index in [9.17, 15) is 9.59 Å². The summed E-state index contributed by atoms with van der Waals surface area (Å²) >= 11 is 0. The molecule has 3 aromatic heterocycles. The van der Waals surface area contributed by atoms with Gasteiger partial charge in [-0.15, -0.1) is 0 Å². The first-order valence-electron chi connectivity index (χ1n) is 7.86. The highest BCUT2D eigenvalue weighted by Gasteiger charge is 2.21. The average molecular weight is 326 g/mol. The fourth-order valence-corrected chi connectivity index (χ4v) is 2.53. The highest BCUT2D eigenvalue weighted by molar-refractivity contribution is 6.00. The fourth-order valence-electron chi connectivity index (χ4n) is 2.53. The standard InChI is InChI=1S/C17H19N5O2/c1-4-10(3)19-15-11(14(18)23)7-12-16(21-15)20-13-6-5-9(2)8-22(13)17(12)24/h5-8,10H,4H2,1-3H3,(H2,18,23)(H,19,21)/p+1/t10-/m0/s1. The zero-order valence-electron chi connectivity index (χ0n) is 13.9. The van der Waals surface area contributed by atoms with E-state index < -0.39 is 5.91 Å². The molecule has 0 aliphatic carbocycles. The number of nitrogens with zero attached hydrogens (tertiary/aromatic N) is 2. The van der Waals surface area contributed by atoms with Crippen molar-refractivity contribution >= 4 is 28.4 Å². The predicted octanol–water partition coefficient (Wildman–Crippen LogP) is 1.28. The molecule has 3 heterocycles. The number of rotatable bonds is 4. The van der Waals surface area contributed by atoms with E-state index in [4.69, 9.17) is 5.73 Å². The Labute approximate surface area is 138 Å². The first-order chi connectivity index (χ1) is 11.4. The number of aryl methyl sites for hydroxylation is 1. The van der Waals surface area contributed by atoms with E-state index in [1.165, 1.54) is 10.5 Å². The number of hydrogen-bond donors (Lipinski definition) is 2. The van der Waals surface area contributed by atoms with Gasteiger partial charge in [0, 0.05) is 12.1 Å². The molecule has 0 unspecified atom stereocenters. The molecule has 0 aliphatic rings. The largest absolute Gasteiger partial charge is 0.365 e. The number of hydrogen-bond acceptors (Lipinski definition) is 4. The van der Waals surface area contributed by atoms with Crippen molar-refractivity contribution in [2.75, 3.05) is 5.32 Å². The Balaban J connectivity index is 2.33. The van der Waals surface area contributed by atoms with Crippen molar-refractivity contribution in [1.82, 2.24) is 9.38 Å². The van der Waals surface area contributed by atoms with E-state index in [-0.39, 0.29) is 17.2 Å². The Bertz CT molecular complexity index is 1010. The zero-order valence-corrected chi connectivity index (χ0v) is 13.9. The Morgan fingerprint density at radius 2 is 2.21 bits per heavy atom. The van der Waals surface area contributed by atoms with Crippen molar-refractivity contribution in [2.45, 2.75) is 33.2 Å². The fraction of sp³-hybridized carbons (Fsp3) is 0.294. The van der Waals surface area contributed by atoms with Gasteiger partial charge < -0.3 is 11.1 Å². The topological polar surface area (TPSA) is 104 Å². The summed E-state index contributed by atoms with van der Waals surface area (Å²) in [6.45, 7) is 5.91. The van der Waals surface area contributed by atoms with Crippen molar-refractivity contribution in [2.24, 2.45) is 5.73 Å². The lowest BCUT2D eigenvalue weighted by molar-refractivity contribution is -0.319. The molecule has 0 saturated carbocycles. The molecule has 3 aromatic rings. The molecule has 1 amide bonds. The SMILES string of the molecule is CC[C@H](C)Nc1nc2[nH+]c3ccc(C)cn3c(=O)c2cc1C(N)=O. The predicted molar refractivity (Wildman–Crippen MR) is 92.2 cm³/mol. The van der Waals surface area contributed by atoms with Gasteiger partial charge in [-0.1, -0.05) is 11.9 Å². The lowest BCUT2D eigenvalue weighted by atomic mass is 10.1. The third-order valence-electron chi connectivity index (χ3n) is 4.08. The Hall–Kier alpha value is -2.96. The van der Waals surface area contributed by atoms with Crippen LogP contribution in [0.25, 0.3) is 16.7 Å². The van der Waals surface area contributed by atoms with Crippen molar-refractivity contribution in [3.63, 3.8) is 0 Å². The minimum absolute atomic E-state index is 0.122. The second kappa shape index (κ2) is 5.92. The van der Waals surface area contributed by atoms with Crippen LogP contribution in [-0.2, 0) is 0 Å². The summed E-state index contributed by atoms with van der Waals surface area (Å²) in [5.74, 6) is -0.236. The normalized spacial score (nSPS) is 12.5. The van der Waals surface area contributed by atoms with Crippen LogP contribution >= 0.6 is 0 Å². The number of fused-ring (bicyclic) bond motifs is 2. The summed E-state index contributed by atoms with van der Waals surface area (Å²) in [7, 11) is 0. The van der Waals surface area contributed by atoms with Gasteiger partial charge in [0.05, 0.1) is 11.8 Å². The lowest BCUT2D eigenvalue weighted by Gasteiger charge is -2.12. The Kier molecular flexibility index (Phi) is 3.92. The maximum atomic E-state index is 12.7. The van der Waals surface area contributed by atoms with E-state index in [0.29, 0.717) is 22.5 Å². The van der Waals surface area contributed by atoms with Gasteiger partial charge in [-0.3, -0.25) is 4.79 Å². The summed E-state index contributed by atoms with van der Waals surface area (Å²) in [5.41, 5.74) is 7.44. The number of aromatic amines is 1. The summed E-state index contributed by atoms with van der Waals surface area (Å²) < 4.78 is 1.51. The molecule has 0 aliphatic heterocycles. The summed E-state index contributed by atoms with van der Waals surface area (Å²) in [6, 6.07) is 5.36. The number of aromatic nitrogens is 3. The second-order valence-corrected chi connectivity index (χ2v) is 5.99. The monoisotopic (exact) mass is 326 g/mol. The lowest BCUT2D eigenvalue weighted by Crippen LogP contribution is -2.27. The molecular weight excluding hydrogens is 306 g/mol. The van der Waals surface area contributed by atoms with E-state index in [1.54, 1.807) is 6.20 Å². The Morgan fingerprint density at radius 3 is 2.88 bits per heavy atom. The molecule has 0 saturated heterocycles. The summed E-state index contributed by atoms with van der Waals surface area (Å²) in [6.07, 6.45) is 2.60. The molecule has 24 heavy (non-hydrogen) atoms. The van der Waals surface area contributed by atoms with E-state index in [0.717, 1.165) is 12.0 Å². The van der Waals surface area contributed by atoms with Crippen LogP contribution in [0.3, 0.4) is 0 Å². The van der Waals surface area contributed by atoms with Gasteiger partial charge >= 0.3 is 5.56 Å². The van der Waals surface area contributed by atoms with Gasteiger partial charge in [0.2, 0.25) is 11.5 Å². The van der Waals surface area contributed by atoms with Gasteiger partial charge in [-0.25, -0.2) is 9.78 Å². The van der Waals surface area contributed by atoms with Crippen molar-refractivity contribution in [1.29, 1.82) is 0 Å². The molecule has 1 atom stereocenters. The molecule has 0 spiro atoms. The summed E-state index contributed by atoms with van der Waals surface area (Å²) in [4.78, 5) is 32.1. The van der Waals surface area contributed by atoms with Crippen LogP contribution in [-0.4, -0.2) is 21.3 Å². The highest BCUT2D eigenvalue weighted by Crippen LogP contribution is 2.17. The van der Waals surface area contributed by atoms with Crippen molar-refractivity contribution < 1.29 is 9.78 Å². The van der Waals surface area contributed by atoms with Crippen LogP contribution in [0.2, 0.25) is 0 Å². The number of nitrogens with two attached hydrogens (primary N) is 1. The number of anilines is 1. The zero-order chi connectivity index (χ0) is 17.4. The van der Waals surface area contributed by atoms with Crippen LogP contribution < -0.4 is 21.6 Å². The Morgan fingerprint density at radius 1 is 1.46 bits per heavy atom. The highest BCUT2D eigenvalue weighted by atomic mass is 16.1. The first kappa shape index (κ1) is 15.9. The summed E-state index contributed by atoms with van der Waals surface area (Å²) in [5, 5.41) is 3.49. The number of H-pyrrole nitrogens is 1. The molecule has 0 aromatic carbocycles. The third-order valence-corrected chi connectivity index (χ3v) is 4.08. The quantitative estimate of drug-likeness (QED) is 0.705. The molecule has 7 nitrogen and oxygen atoms in total. The molecule has 0 radical (unpaired) electrons. The number of amides is 1. The van der Waals surface area contributed by atoms with Crippen molar-refractivity contribution in [3.8, 4) is 0 Å². The number of carbonyl (C=O) groups is 1. The van der Waals surface area contributed by atoms with E-state index in [1.807, 2.05) is 32.9 Å². The van der Waals surface area contributed by atoms with E-state index in [2.05, 4.69) is 15.3 Å². The van der Waals surface area contributed by atoms with Gasteiger partial charge in [-0.05, 0) is 38.0 Å². The first-order valence-corrected chi connectivity index (χ1v) is 7.86. The van der Waals surface area contributed by atoms with Gasteiger partial charge in [0.1, 0.15) is 5.39 Å². The molecule has 124 valence electrons. The van der Waals surface area contributed by atoms with Crippen LogP contribution in [0, 0.1) is 6.92 Å². The number of pyridine rings is 2. The smallest absolute Gasteiger partial charge is 0.325 e.